The van der Waals surface area contributed by atoms with Crippen molar-refractivity contribution in [3.05, 3.63) is 17.4 Å². The highest BCUT2D eigenvalue weighted by Crippen LogP contribution is 2.21. The Labute approximate surface area is 83.3 Å². The molecule has 0 N–H and O–H groups in total. The summed E-state index contributed by atoms with van der Waals surface area (Å²) in [7, 11) is 0. The van der Waals surface area contributed by atoms with Crippen LogP contribution in [0.3, 0.4) is 0 Å². The van der Waals surface area contributed by atoms with Crippen LogP contribution in [0.25, 0.3) is 0 Å². The van der Waals surface area contributed by atoms with Gasteiger partial charge in [0, 0.05) is 19.3 Å². The van der Waals surface area contributed by atoms with Gasteiger partial charge in [0.1, 0.15) is 0 Å². The van der Waals surface area contributed by atoms with Crippen LogP contribution in [0.4, 0.5) is 0 Å². The van der Waals surface area contributed by atoms with Gasteiger partial charge in [-0.1, -0.05) is 18.5 Å². The zero-order valence-corrected chi connectivity index (χ0v) is 8.54. The highest BCUT2D eigenvalue weighted by Gasteiger charge is 2.22. The molecule has 2 rings (SSSR count). The predicted octanol–water partition coefficient (Wildman–Crippen LogP) is 1.80. The van der Waals surface area contributed by atoms with Gasteiger partial charge in [0.25, 0.3) is 0 Å². The lowest BCUT2D eigenvalue weighted by atomic mass is 10.3. The second-order valence-corrected chi connectivity index (χ2v) is 3.91. The van der Waals surface area contributed by atoms with Crippen molar-refractivity contribution in [1.29, 1.82) is 0 Å². The Morgan fingerprint density at radius 2 is 2.54 bits per heavy atom. The Kier molecular flexibility index (Phi) is 2.56. The number of nitrogens with zero attached hydrogens (tertiary/aromatic N) is 3. The van der Waals surface area contributed by atoms with Crippen molar-refractivity contribution in [1.82, 2.24) is 14.7 Å². The fourth-order valence-electron chi connectivity index (χ4n) is 1.83. The van der Waals surface area contributed by atoms with Crippen molar-refractivity contribution in [2.24, 2.45) is 0 Å². The number of hydrogen-bond acceptors (Lipinski definition) is 2. The molecule has 0 bridgehead atoms. The zero-order valence-electron chi connectivity index (χ0n) is 7.78. The molecule has 1 saturated heterocycles. The lowest BCUT2D eigenvalue weighted by Crippen LogP contribution is -2.21. The molecule has 1 aliphatic heterocycles. The minimum Gasteiger partial charge on any atom is -0.301 e. The van der Waals surface area contributed by atoms with Gasteiger partial charge in [0.2, 0.25) is 0 Å². The Bertz CT molecular complexity index is 284. The molecule has 0 amide bonds. The molecule has 3 nitrogen and oxygen atoms in total. The van der Waals surface area contributed by atoms with Crippen molar-refractivity contribution in [3.63, 3.8) is 0 Å². The zero-order chi connectivity index (χ0) is 9.26. The molecule has 0 radical (unpaired) electrons. The minimum absolute atomic E-state index is 0.521. The summed E-state index contributed by atoms with van der Waals surface area (Å²) in [6, 6.07) is 0.521. The third kappa shape index (κ3) is 1.86. The fourth-order valence-corrected chi connectivity index (χ4v) is 1.97. The summed E-state index contributed by atoms with van der Waals surface area (Å²) in [5, 5.41) is 4.96. The lowest BCUT2D eigenvalue weighted by molar-refractivity contribution is 0.335. The third-order valence-corrected chi connectivity index (χ3v) is 2.83. The van der Waals surface area contributed by atoms with Crippen LogP contribution in [0, 0.1) is 0 Å². The van der Waals surface area contributed by atoms with Gasteiger partial charge in [-0.25, -0.2) is 0 Å². The Morgan fingerprint density at radius 3 is 3.08 bits per heavy atom. The van der Waals surface area contributed by atoms with E-state index in [1.54, 1.807) is 6.20 Å². The SMILES string of the molecule is CCN1CCC(n2cc(Cl)cn2)C1. The van der Waals surface area contributed by atoms with Gasteiger partial charge >= 0.3 is 0 Å². The third-order valence-electron chi connectivity index (χ3n) is 2.64. The first-order valence-electron chi connectivity index (χ1n) is 4.71. The lowest BCUT2D eigenvalue weighted by Gasteiger charge is -2.12. The van der Waals surface area contributed by atoms with E-state index in [2.05, 4.69) is 16.9 Å². The Hall–Kier alpha value is -0.540. The second kappa shape index (κ2) is 3.68. The van der Waals surface area contributed by atoms with E-state index in [1.807, 2.05) is 10.9 Å². The monoisotopic (exact) mass is 199 g/mol. The quantitative estimate of drug-likeness (QED) is 0.725. The van der Waals surface area contributed by atoms with Crippen molar-refractivity contribution in [2.45, 2.75) is 19.4 Å². The summed E-state index contributed by atoms with van der Waals surface area (Å²) in [5.74, 6) is 0. The first-order chi connectivity index (χ1) is 6.29. The van der Waals surface area contributed by atoms with E-state index in [9.17, 15) is 0 Å². The highest BCUT2D eigenvalue weighted by atomic mass is 35.5. The predicted molar refractivity (Wildman–Crippen MR) is 53.0 cm³/mol. The summed E-state index contributed by atoms with van der Waals surface area (Å²) in [6.45, 7) is 5.61. The van der Waals surface area contributed by atoms with Crippen LogP contribution in [-0.2, 0) is 0 Å². The van der Waals surface area contributed by atoms with Crippen molar-refractivity contribution >= 4 is 11.6 Å². The number of rotatable bonds is 2. The number of aromatic nitrogens is 2. The van der Waals surface area contributed by atoms with Gasteiger partial charge < -0.3 is 4.90 Å². The summed E-state index contributed by atoms with van der Waals surface area (Å²) < 4.78 is 1.98. The standard InChI is InChI=1S/C9H14ClN3/c1-2-12-4-3-9(7-12)13-6-8(10)5-11-13/h5-6,9H,2-4,7H2,1H3. The molecule has 4 heteroatoms. The molecule has 2 heterocycles. The Balaban J connectivity index is 2.03. The summed E-state index contributed by atoms with van der Waals surface area (Å²) in [5.41, 5.74) is 0. The molecular weight excluding hydrogens is 186 g/mol. The smallest absolute Gasteiger partial charge is 0.0785 e. The van der Waals surface area contributed by atoms with Crippen molar-refractivity contribution in [2.75, 3.05) is 19.6 Å². The van der Waals surface area contributed by atoms with Gasteiger partial charge in [0.15, 0.2) is 0 Å². The van der Waals surface area contributed by atoms with E-state index in [0.717, 1.165) is 18.1 Å². The van der Waals surface area contributed by atoms with Crippen LogP contribution >= 0.6 is 11.6 Å². The van der Waals surface area contributed by atoms with Gasteiger partial charge in [-0.2, -0.15) is 5.10 Å². The molecule has 0 spiro atoms. The van der Waals surface area contributed by atoms with Crippen LogP contribution in [-0.4, -0.2) is 34.3 Å². The fraction of sp³-hybridized carbons (Fsp3) is 0.667. The van der Waals surface area contributed by atoms with E-state index in [0.29, 0.717) is 6.04 Å². The normalized spacial score (nSPS) is 24.0. The van der Waals surface area contributed by atoms with Crippen LogP contribution in [0.5, 0.6) is 0 Å². The van der Waals surface area contributed by atoms with Crippen molar-refractivity contribution in [3.8, 4) is 0 Å². The molecule has 13 heavy (non-hydrogen) atoms. The maximum Gasteiger partial charge on any atom is 0.0785 e. The summed E-state index contributed by atoms with van der Waals surface area (Å²) >= 11 is 5.81. The molecule has 1 aromatic heterocycles. The molecule has 1 unspecified atom stereocenters. The molecule has 1 aromatic rings. The molecular formula is C9H14ClN3. The van der Waals surface area contributed by atoms with Crippen LogP contribution < -0.4 is 0 Å². The number of likely N-dealkylation sites (N-methyl/N-ethyl adjacent to an activating group) is 1. The topological polar surface area (TPSA) is 21.1 Å². The van der Waals surface area contributed by atoms with E-state index in [4.69, 9.17) is 11.6 Å². The van der Waals surface area contributed by atoms with Crippen LogP contribution in [0.2, 0.25) is 5.02 Å². The molecule has 1 aliphatic rings. The van der Waals surface area contributed by atoms with Crippen molar-refractivity contribution < 1.29 is 0 Å². The Morgan fingerprint density at radius 1 is 1.69 bits per heavy atom. The van der Waals surface area contributed by atoms with Crippen LogP contribution in [0.1, 0.15) is 19.4 Å². The van der Waals surface area contributed by atoms with E-state index >= 15 is 0 Å². The number of halogens is 1. The summed E-state index contributed by atoms with van der Waals surface area (Å²) in [4.78, 5) is 2.43. The summed E-state index contributed by atoms with van der Waals surface area (Å²) in [6.07, 6.45) is 4.80. The molecule has 0 saturated carbocycles. The second-order valence-electron chi connectivity index (χ2n) is 3.47. The first-order valence-corrected chi connectivity index (χ1v) is 5.09. The minimum atomic E-state index is 0.521. The van der Waals surface area contributed by atoms with Gasteiger partial charge in [-0.3, -0.25) is 4.68 Å². The van der Waals surface area contributed by atoms with E-state index < -0.39 is 0 Å². The largest absolute Gasteiger partial charge is 0.301 e. The average molecular weight is 200 g/mol. The molecule has 1 atom stereocenters. The maximum atomic E-state index is 5.81. The van der Waals surface area contributed by atoms with E-state index in [1.165, 1.54) is 13.0 Å². The molecule has 1 fully saturated rings. The molecule has 0 aromatic carbocycles. The maximum absolute atomic E-state index is 5.81. The first kappa shape index (κ1) is 9.03. The number of hydrogen-bond donors (Lipinski definition) is 0. The number of likely N-dealkylation sites (tertiary alicyclic amines) is 1. The van der Waals surface area contributed by atoms with Crippen LogP contribution in [0.15, 0.2) is 12.4 Å². The van der Waals surface area contributed by atoms with Gasteiger partial charge in [-0.15, -0.1) is 0 Å². The highest BCUT2D eigenvalue weighted by molar-refractivity contribution is 6.30. The van der Waals surface area contributed by atoms with Gasteiger partial charge in [-0.05, 0) is 13.0 Å². The molecule has 72 valence electrons. The van der Waals surface area contributed by atoms with E-state index in [-0.39, 0.29) is 0 Å². The molecule has 0 aliphatic carbocycles. The van der Waals surface area contributed by atoms with Gasteiger partial charge in [0.05, 0.1) is 17.3 Å². The average Bonchev–Trinajstić information content (AvgIpc) is 2.71.